The summed E-state index contributed by atoms with van der Waals surface area (Å²) in [6, 6.07) is 45.8. The van der Waals surface area contributed by atoms with Crippen LogP contribution in [-0.4, -0.2) is 5.75 Å². The molecule has 0 aromatic heterocycles. The van der Waals surface area contributed by atoms with Gasteiger partial charge in [-0.25, -0.2) is 0 Å². The van der Waals surface area contributed by atoms with Crippen molar-refractivity contribution in [3.05, 3.63) is 161 Å². The van der Waals surface area contributed by atoms with Crippen molar-refractivity contribution in [3.8, 4) is 44.5 Å². The zero-order valence-corrected chi connectivity index (χ0v) is 33.0. The van der Waals surface area contributed by atoms with Crippen LogP contribution in [0.25, 0.3) is 66.1 Å². The molecule has 0 saturated carbocycles. The topological polar surface area (TPSA) is 0 Å². The minimum atomic E-state index is -0.319. The quantitative estimate of drug-likeness (QED) is 0.118. The normalized spacial score (nSPS) is 16.5. The van der Waals surface area contributed by atoms with E-state index in [2.05, 4.69) is 170 Å². The van der Waals surface area contributed by atoms with Crippen LogP contribution >= 0.6 is 11.8 Å². The molecule has 53 heavy (non-hydrogen) atoms. The Bertz CT molecular complexity index is 2650. The van der Waals surface area contributed by atoms with E-state index in [-0.39, 0.29) is 10.8 Å². The third-order valence-corrected chi connectivity index (χ3v) is 13.4. The zero-order chi connectivity index (χ0) is 36.8. The Morgan fingerprint density at radius 2 is 1.08 bits per heavy atom. The van der Waals surface area contributed by atoms with Crippen LogP contribution in [0.1, 0.15) is 76.3 Å². The van der Waals surface area contributed by atoms with Gasteiger partial charge in [-0.3, -0.25) is 0 Å². The number of thioether (sulfide) groups is 1. The lowest BCUT2D eigenvalue weighted by molar-refractivity contribution is 0.590. The zero-order valence-electron chi connectivity index (χ0n) is 32.2. The van der Waals surface area contributed by atoms with Crippen molar-refractivity contribution < 1.29 is 0 Å². The maximum absolute atomic E-state index is 4.78. The predicted octanol–water partition coefficient (Wildman–Crippen LogP) is 14.8. The van der Waals surface area contributed by atoms with Crippen LogP contribution in [-0.2, 0) is 17.3 Å². The fraction of sp³-hybridized carbons (Fsp3) is 0.231. The molecule has 2 aliphatic carbocycles. The number of benzene rings is 7. The van der Waals surface area contributed by atoms with E-state index < -0.39 is 0 Å². The van der Waals surface area contributed by atoms with Gasteiger partial charge >= 0.3 is 0 Å². The lowest BCUT2D eigenvalue weighted by Gasteiger charge is -2.35. The standard InChI is InChI=1S/C52H48S/c1-9-53-50-46-41-24-22-39(37-20-18-33-14-10-12-16-35(33)27-37)29-44(41)51(6,7)48(46)43(26-31(2)3)49-47(50)42-25-23-40(30-45(42)52(49,8)32(4)5)38-21-19-34-15-11-13-17-36(34)28-38/h10-25,27-31H,4,9,26H2,1-3,5-8H3. The molecular weight excluding hydrogens is 657 g/mol. The number of allylic oxidation sites excluding steroid dienone is 1. The maximum atomic E-state index is 4.78. The Labute approximate surface area is 320 Å². The highest BCUT2D eigenvalue weighted by Crippen LogP contribution is 2.64. The van der Waals surface area contributed by atoms with Crippen LogP contribution in [0.5, 0.6) is 0 Å². The highest BCUT2D eigenvalue weighted by molar-refractivity contribution is 7.99. The monoisotopic (exact) mass is 704 g/mol. The molecule has 2 aliphatic rings. The van der Waals surface area contributed by atoms with E-state index in [9.17, 15) is 0 Å². The Hall–Kier alpha value is -4.85. The van der Waals surface area contributed by atoms with Crippen molar-refractivity contribution in [2.24, 2.45) is 5.92 Å². The first-order valence-electron chi connectivity index (χ1n) is 19.3. The summed E-state index contributed by atoms with van der Waals surface area (Å²) in [7, 11) is 0. The van der Waals surface area contributed by atoms with E-state index in [1.165, 1.54) is 104 Å². The molecule has 262 valence electrons. The fourth-order valence-electron chi connectivity index (χ4n) is 9.70. The molecule has 1 atom stereocenters. The number of hydrogen-bond acceptors (Lipinski definition) is 1. The summed E-state index contributed by atoms with van der Waals surface area (Å²) in [4.78, 5) is 1.44. The highest BCUT2D eigenvalue weighted by Gasteiger charge is 2.49. The maximum Gasteiger partial charge on any atom is 0.0393 e. The average Bonchev–Trinajstić information content (AvgIpc) is 3.57. The number of hydrogen-bond donors (Lipinski definition) is 0. The van der Waals surface area contributed by atoms with E-state index in [1.807, 2.05) is 11.8 Å². The Morgan fingerprint density at radius 3 is 1.60 bits per heavy atom. The second-order valence-electron chi connectivity index (χ2n) is 16.5. The summed E-state index contributed by atoms with van der Waals surface area (Å²) < 4.78 is 0. The van der Waals surface area contributed by atoms with Gasteiger partial charge in [0.15, 0.2) is 0 Å². The van der Waals surface area contributed by atoms with Crippen LogP contribution in [0.4, 0.5) is 0 Å². The van der Waals surface area contributed by atoms with Crippen molar-refractivity contribution >= 4 is 33.3 Å². The molecule has 1 heteroatoms. The first-order valence-corrected chi connectivity index (χ1v) is 20.3. The van der Waals surface area contributed by atoms with Crippen LogP contribution in [0, 0.1) is 5.92 Å². The first-order chi connectivity index (χ1) is 25.5. The molecule has 0 heterocycles. The van der Waals surface area contributed by atoms with Gasteiger partial charge in [0.1, 0.15) is 0 Å². The molecule has 0 bridgehead atoms. The van der Waals surface area contributed by atoms with E-state index in [1.54, 1.807) is 0 Å². The molecular formula is C52H48S. The van der Waals surface area contributed by atoms with Gasteiger partial charge in [-0.1, -0.05) is 144 Å². The lowest BCUT2D eigenvalue weighted by Crippen LogP contribution is -2.27. The van der Waals surface area contributed by atoms with Gasteiger partial charge in [0.25, 0.3) is 0 Å². The minimum Gasteiger partial charge on any atom is -0.125 e. The second-order valence-corrected chi connectivity index (χ2v) is 17.8. The summed E-state index contributed by atoms with van der Waals surface area (Å²) in [5.74, 6) is 1.52. The fourth-order valence-corrected chi connectivity index (χ4v) is 10.7. The molecule has 0 saturated heterocycles. The Morgan fingerprint density at radius 1 is 0.604 bits per heavy atom. The average molecular weight is 705 g/mol. The summed E-state index contributed by atoms with van der Waals surface area (Å²) in [5.41, 5.74) is 18.9. The van der Waals surface area contributed by atoms with Gasteiger partial charge in [0, 0.05) is 26.9 Å². The van der Waals surface area contributed by atoms with Gasteiger partial charge in [-0.2, -0.15) is 0 Å². The van der Waals surface area contributed by atoms with Crippen LogP contribution < -0.4 is 0 Å². The van der Waals surface area contributed by atoms with Crippen molar-refractivity contribution in [1.29, 1.82) is 0 Å². The van der Waals surface area contributed by atoms with Crippen molar-refractivity contribution in [2.75, 3.05) is 5.75 Å². The molecule has 0 aliphatic heterocycles. The molecule has 0 fully saturated rings. The summed E-state index contributed by atoms with van der Waals surface area (Å²) in [6.45, 7) is 21.6. The lowest BCUT2D eigenvalue weighted by atomic mass is 9.69. The van der Waals surface area contributed by atoms with Gasteiger partial charge < -0.3 is 0 Å². The summed E-state index contributed by atoms with van der Waals surface area (Å²) >= 11 is 2.03. The van der Waals surface area contributed by atoms with Crippen LogP contribution in [0.15, 0.2) is 138 Å². The van der Waals surface area contributed by atoms with Crippen molar-refractivity contribution in [1.82, 2.24) is 0 Å². The molecule has 0 amide bonds. The number of fused-ring (bicyclic) bond motifs is 8. The van der Waals surface area contributed by atoms with Gasteiger partial charge in [0.05, 0.1) is 0 Å². The molecule has 0 radical (unpaired) electrons. The van der Waals surface area contributed by atoms with Crippen LogP contribution in [0.3, 0.4) is 0 Å². The first kappa shape index (κ1) is 34.0. The SMILES string of the molecule is C=C(C)C1(C)c2cc(-c3ccc4ccccc4c3)ccc2-c2c(SCC)c3c(c(CC(C)C)c21)C(C)(C)c1cc(-c2ccc4ccccc4c2)ccc1-3. The van der Waals surface area contributed by atoms with E-state index >= 15 is 0 Å². The number of rotatable bonds is 7. The largest absolute Gasteiger partial charge is 0.125 e. The molecule has 0 N–H and O–H groups in total. The highest BCUT2D eigenvalue weighted by atomic mass is 32.2. The van der Waals surface area contributed by atoms with Gasteiger partial charge in [-0.05, 0) is 139 Å². The molecule has 9 rings (SSSR count). The second kappa shape index (κ2) is 12.4. The minimum absolute atomic E-state index is 0.166. The third-order valence-electron chi connectivity index (χ3n) is 12.4. The third kappa shape index (κ3) is 5.04. The van der Waals surface area contributed by atoms with Crippen LogP contribution in [0.2, 0.25) is 0 Å². The van der Waals surface area contributed by atoms with Gasteiger partial charge in [-0.15, -0.1) is 11.8 Å². The molecule has 0 nitrogen and oxygen atoms in total. The predicted molar refractivity (Wildman–Crippen MR) is 232 cm³/mol. The smallest absolute Gasteiger partial charge is 0.0393 e. The molecule has 1 unspecified atom stereocenters. The molecule has 7 aromatic rings. The van der Waals surface area contributed by atoms with E-state index in [0.717, 1.165) is 12.2 Å². The van der Waals surface area contributed by atoms with Crippen molar-refractivity contribution in [3.63, 3.8) is 0 Å². The van der Waals surface area contributed by atoms with Crippen molar-refractivity contribution in [2.45, 2.75) is 70.6 Å². The Kier molecular flexibility index (Phi) is 7.92. The van der Waals surface area contributed by atoms with E-state index in [0.29, 0.717) is 5.92 Å². The molecule has 7 aromatic carbocycles. The van der Waals surface area contributed by atoms with Gasteiger partial charge in [0.2, 0.25) is 0 Å². The Balaban J connectivity index is 1.30. The summed E-state index contributed by atoms with van der Waals surface area (Å²) in [6.07, 6.45) is 1.03. The molecule has 0 spiro atoms. The van der Waals surface area contributed by atoms with E-state index in [4.69, 9.17) is 6.58 Å². The summed E-state index contributed by atoms with van der Waals surface area (Å²) in [5, 5.41) is 5.12.